The van der Waals surface area contributed by atoms with E-state index >= 15 is 0 Å². The second kappa shape index (κ2) is 9.69. The zero-order valence-electron chi connectivity index (χ0n) is 16.9. The fourth-order valence-corrected chi connectivity index (χ4v) is 5.58. The highest BCUT2D eigenvalue weighted by atomic mass is 79.9. The Labute approximate surface area is 193 Å². The van der Waals surface area contributed by atoms with Gasteiger partial charge in [0.15, 0.2) is 6.10 Å². The van der Waals surface area contributed by atoms with Crippen molar-refractivity contribution >= 4 is 27.3 Å². The van der Waals surface area contributed by atoms with Crippen LogP contribution in [0.15, 0.2) is 22.7 Å². The van der Waals surface area contributed by atoms with Crippen LogP contribution in [0.1, 0.15) is 64.4 Å². The summed E-state index contributed by atoms with van der Waals surface area (Å²) in [5.74, 6) is -1.65. The van der Waals surface area contributed by atoms with Crippen LogP contribution in [-0.2, 0) is 11.3 Å². The highest BCUT2D eigenvalue weighted by Crippen LogP contribution is 2.46. The molecule has 1 fully saturated rings. The van der Waals surface area contributed by atoms with E-state index in [1.54, 1.807) is 0 Å². The maximum absolute atomic E-state index is 13.8. The smallest absolute Gasteiger partial charge is 0.358 e. The van der Waals surface area contributed by atoms with Crippen LogP contribution in [0.4, 0.5) is 26.3 Å². The van der Waals surface area contributed by atoms with Crippen molar-refractivity contribution in [2.45, 2.75) is 63.6 Å². The molecule has 0 saturated heterocycles. The van der Waals surface area contributed by atoms with Crippen LogP contribution >= 0.6 is 27.3 Å². The van der Waals surface area contributed by atoms with Crippen LogP contribution in [0.5, 0.6) is 0 Å². The predicted molar refractivity (Wildman–Crippen MR) is 110 cm³/mol. The number of ether oxygens (including phenoxy) is 1. The molecule has 1 atom stereocenters. The lowest BCUT2D eigenvalue weighted by atomic mass is 9.82. The van der Waals surface area contributed by atoms with Crippen molar-refractivity contribution in [3.63, 3.8) is 0 Å². The van der Waals surface area contributed by atoms with Gasteiger partial charge >= 0.3 is 12.4 Å². The topological polar surface area (TPSA) is 45.9 Å². The highest BCUT2D eigenvalue weighted by molar-refractivity contribution is 9.10. The lowest BCUT2D eigenvalue weighted by Crippen LogP contribution is -2.27. The first kappa shape index (κ1) is 25.0. The number of benzene rings is 1. The van der Waals surface area contributed by atoms with E-state index in [-0.39, 0.29) is 48.8 Å². The number of hydrogen-bond donors (Lipinski definition) is 0. The number of nitrogens with zero attached hydrogens (tertiary/aromatic N) is 2. The molecule has 2 aromatic rings. The number of hydrogen-bond acceptors (Lipinski definition) is 4. The van der Waals surface area contributed by atoms with Crippen molar-refractivity contribution in [2.24, 2.45) is 5.92 Å². The lowest BCUT2D eigenvalue weighted by molar-refractivity contribution is -0.226. The van der Waals surface area contributed by atoms with Crippen LogP contribution < -0.4 is 0 Å². The number of rotatable bonds is 5. The van der Waals surface area contributed by atoms with Crippen LogP contribution in [0.2, 0.25) is 0 Å². The third-order valence-corrected chi connectivity index (χ3v) is 7.51. The molecule has 1 heterocycles. The molecule has 1 aliphatic rings. The summed E-state index contributed by atoms with van der Waals surface area (Å²) in [7, 11) is 0. The molecule has 1 aromatic carbocycles. The molecule has 174 valence electrons. The summed E-state index contributed by atoms with van der Waals surface area (Å²) in [4.78, 5) is 4.18. The molecule has 3 nitrogen and oxygen atoms in total. The zero-order valence-corrected chi connectivity index (χ0v) is 19.3. The zero-order chi connectivity index (χ0) is 23.7. The Kier molecular flexibility index (Phi) is 7.57. The molecule has 3 rings (SSSR count). The average molecular weight is 541 g/mol. The molecule has 0 N–H and O–H groups in total. The average Bonchev–Trinajstić information content (AvgIpc) is 3.08. The van der Waals surface area contributed by atoms with Gasteiger partial charge in [0.25, 0.3) is 0 Å². The van der Waals surface area contributed by atoms with Gasteiger partial charge in [-0.25, -0.2) is 4.98 Å². The standard InChI is InChI=1S/C21H19BrF6N2OS/c1-11-17(32-19(30-11)13-4-6-15(7-5-13)20(23,24)25)18(21(26,27)28)31-10-12-2-3-14(9-29)16(22)8-12/h2-3,8,13,15,18H,4-7,10H2,1H3. The van der Waals surface area contributed by atoms with E-state index in [9.17, 15) is 26.3 Å². The van der Waals surface area contributed by atoms with Gasteiger partial charge in [0, 0.05) is 10.4 Å². The van der Waals surface area contributed by atoms with E-state index in [0.717, 1.165) is 11.3 Å². The van der Waals surface area contributed by atoms with Gasteiger partial charge in [-0.3, -0.25) is 0 Å². The second-order valence-electron chi connectivity index (χ2n) is 7.75. The minimum absolute atomic E-state index is 0.0467. The molecule has 0 bridgehead atoms. The lowest BCUT2D eigenvalue weighted by Gasteiger charge is -2.28. The first-order valence-electron chi connectivity index (χ1n) is 9.81. The number of aryl methyl sites for hydroxylation is 1. The summed E-state index contributed by atoms with van der Waals surface area (Å²) in [6, 6.07) is 6.48. The van der Waals surface area contributed by atoms with Crippen molar-refractivity contribution in [2.75, 3.05) is 0 Å². The Balaban J connectivity index is 1.75. The fourth-order valence-electron chi connectivity index (χ4n) is 3.75. The number of thiazole rings is 1. The van der Waals surface area contributed by atoms with Gasteiger partial charge in [0.05, 0.1) is 33.7 Å². The Morgan fingerprint density at radius 3 is 2.38 bits per heavy atom. The van der Waals surface area contributed by atoms with Crippen LogP contribution in [0.25, 0.3) is 0 Å². The van der Waals surface area contributed by atoms with Gasteiger partial charge in [0.2, 0.25) is 0 Å². The molecule has 1 saturated carbocycles. The monoisotopic (exact) mass is 540 g/mol. The van der Waals surface area contributed by atoms with Crippen LogP contribution in [0, 0.1) is 24.2 Å². The van der Waals surface area contributed by atoms with Crippen molar-refractivity contribution in [1.29, 1.82) is 5.26 Å². The third-order valence-electron chi connectivity index (χ3n) is 5.49. The summed E-state index contributed by atoms with van der Waals surface area (Å²) in [5.41, 5.74) is 0.980. The summed E-state index contributed by atoms with van der Waals surface area (Å²) in [6.45, 7) is 1.12. The maximum atomic E-state index is 13.8. The maximum Gasteiger partial charge on any atom is 0.419 e. The molecular weight excluding hydrogens is 522 g/mol. The molecule has 0 amide bonds. The van der Waals surface area contributed by atoms with Gasteiger partial charge in [-0.2, -0.15) is 31.6 Å². The Morgan fingerprint density at radius 1 is 1.19 bits per heavy atom. The normalized spacial score (nSPS) is 20.7. The molecule has 1 aliphatic carbocycles. The SMILES string of the molecule is Cc1nc(C2CCC(C(F)(F)F)CC2)sc1C(OCc1ccc(C#N)c(Br)c1)C(F)(F)F. The van der Waals surface area contributed by atoms with E-state index in [4.69, 9.17) is 10.00 Å². The fraction of sp³-hybridized carbons (Fsp3) is 0.524. The van der Waals surface area contributed by atoms with Crippen molar-refractivity contribution < 1.29 is 31.1 Å². The largest absolute Gasteiger partial charge is 0.419 e. The van der Waals surface area contributed by atoms with Gasteiger partial charge in [-0.1, -0.05) is 6.07 Å². The molecule has 0 spiro atoms. The van der Waals surface area contributed by atoms with Crippen molar-refractivity contribution in [1.82, 2.24) is 4.98 Å². The van der Waals surface area contributed by atoms with Crippen LogP contribution in [0.3, 0.4) is 0 Å². The Bertz CT molecular complexity index is 990. The molecule has 0 aliphatic heterocycles. The van der Waals surface area contributed by atoms with E-state index in [1.807, 2.05) is 6.07 Å². The summed E-state index contributed by atoms with van der Waals surface area (Å²) < 4.78 is 85.8. The van der Waals surface area contributed by atoms with E-state index in [1.165, 1.54) is 25.1 Å². The van der Waals surface area contributed by atoms with Crippen molar-refractivity contribution in [3.8, 4) is 6.07 Å². The Hall–Kier alpha value is -1.64. The Morgan fingerprint density at radius 2 is 1.84 bits per heavy atom. The second-order valence-corrected chi connectivity index (χ2v) is 9.67. The van der Waals surface area contributed by atoms with E-state index < -0.39 is 24.4 Å². The molecule has 11 heteroatoms. The third kappa shape index (κ3) is 5.83. The number of aromatic nitrogens is 1. The van der Waals surface area contributed by atoms with Crippen LogP contribution in [-0.4, -0.2) is 17.3 Å². The van der Waals surface area contributed by atoms with Gasteiger partial charge in [0.1, 0.15) is 6.07 Å². The molecule has 32 heavy (non-hydrogen) atoms. The minimum Gasteiger partial charge on any atom is -0.358 e. The predicted octanol–water partition coefficient (Wildman–Crippen LogP) is 7.74. The highest BCUT2D eigenvalue weighted by Gasteiger charge is 2.45. The number of nitriles is 1. The van der Waals surface area contributed by atoms with Gasteiger partial charge < -0.3 is 4.74 Å². The number of halogens is 7. The summed E-state index contributed by atoms with van der Waals surface area (Å²) in [6.07, 6.45) is -10.7. The van der Waals surface area contributed by atoms with E-state index in [2.05, 4.69) is 20.9 Å². The summed E-state index contributed by atoms with van der Waals surface area (Å²) >= 11 is 4.06. The first-order chi connectivity index (χ1) is 14.9. The molecule has 1 aromatic heterocycles. The molecule has 0 radical (unpaired) electrons. The minimum atomic E-state index is -4.69. The van der Waals surface area contributed by atoms with Crippen molar-refractivity contribution in [3.05, 3.63) is 49.4 Å². The summed E-state index contributed by atoms with van der Waals surface area (Å²) in [5, 5.41) is 9.38. The van der Waals surface area contributed by atoms with E-state index in [0.29, 0.717) is 20.6 Å². The molecular formula is C21H19BrF6N2OS. The molecule has 1 unspecified atom stereocenters. The van der Waals surface area contributed by atoms with Gasteiger partial charge in [-0.05, 0) is 66.2 Å². The first-order valence-corrected chi connectivity index (χ1v) is 11.4. The quantitative estimate of drug-likeness (QED) is 0.364. The number of alkyl halides is 6. The van der Waals surface area contributed by atoms with Gasteiger partial charge in [-0.15, -0.1) is 11.3 Å².